The first-order chi connectivity index (χ1) is 7.63. The van der Waals surface area contributed by atoms with Gasteiger partial charge in [-0.15, -0.1) is 0 Å². The van der Waals surface area contributed by atoms with E-state index in [0.29, 0.717) is 0 Å². The van der Waals surface area contributed by atoms with Crippen LogP contribution in [0.5, 0.6) is 0 Å². The molecule has 3 heteroatoms. The number of benzene rings is 1. The molecule has 1 aliphatic rings. The Morgan fingerprint density at radius 3 is 2.62 bits per heavy atom. The van der Waals surface area contributed by atoms with Crippen LogP contribution in [0.25, 0.3) is 0 Å². The summed E-state index contributed by atoms with van der Waals surface area (Å²) in [5.41, 5.74) is 1.49. The third-order valence-corrected chi connectivity index (χ3v) is 3.64. The minimum Gasteiger partial charge on any atom is -0.340 e. The summed E-state index contributed by atoms with van der Waals surface area (Å²) in [5, 5.41) is 1.16. The van der Waals surface area contributed by atoms with Gasteiger partial charge in [0.05, 0.1) is 12.1 Å². The molecular weight excluding hydrogens is 216 g/mol. The lowest BCUT2D eigenvalue weighted by Crippen LogP contribution is -2.43. The second-order valence-corrected chi connectivity index (χ2v) is 5.46. The molecule has 1 aromatic rings. The number of amidine groups is 1. The monoisotopic (exact) mass is 234 g/mol. The fourth-order valence-electron chi connectivity index (χ4n) is 1.91. The average Bonchev–Trinajstić information content (AvgIpc) is 2.56. The van der Waals surface area contributed by atoms with Crippen LogP contribution < -0.4 is 0 Å². The Morgan fingerprint density at radius 1 is 1.31 bits per heavy atom. The van der Waals surface area contributed by atoms with E-state index in [1.165, 1.54) is 5.56 Å². The van der Waals surface area contributed by atoms with Crippen LogP contribution in [-0.2, 0) is 6.54 Å². The SMILES string of the molecule is CSC1=NCC(C)(C)N1Cc1ccccc1. The van der Waals surface area contributed by atoms with Crippen LogP contribution >= 0.6 is 11.8 Å². The zero-order valence-electron chi connectivity index (χ0n) is 10.1. The van der Waals surface area contributed by atoms with Gasteiger partial charge in [0.15, 0.2) is 5.17 Å². The van der Waals surface area contributed by atoms with E-state index in [9.17, 15) is 0 Å². The highest BCUT2D eigenvalue weighted by Gasteiger charge is 2.33. The van der Waals surface area contributed by atoms with Crippen molar-refractivity contribution in [2.45, 2.75) is 25.9 Å². The highest BCUT2D eigenvalue weighted by Crippen LogP contribution is 2.28. The molecule has 86 valence electrons. The molecule has 0 amide bonds. The maximum Gasteiger partial charge on any atom is 0.159 e. The summed E-state index contributed by atoms with van der Waals surface area (Å²) < 4.78 is 0. The Morgan fingerprint density at radius 2 is 2.00 bits per heavy atom. The van der Waals surface area contributed by atoms with Gasteiger partial charge in [-0.2, -0.15) is 0 Å². The molecule has 2 rings (SSSR count). The topological polar surface area (TPSA) is 15.6 Å². The van der Waals surface area contributed by atoms with Gasteiger partial charge in [0.1, 0.15) is 0 Å². The Hall–Kier alpha value is -0.960. The highest BCUT2D eigenvalue weighted by molar-refractivity contribution is 8.13. The average molecular weight is 234 g/mol. The number of aliphatic imine (C=N–C) groups is 1. The summed E-state index contributed by atoms with van der Waals surface area (Å²) >= 11 is 1.74. The molecule has 0 N–H and O–H groups in total. The van der Waals surface area contributed by atoms with Crippen LogP contribution in [0.3, 0.4) is 0 Å². The smallest absolute Gasteiger partial charge is 0.159 e. The molecule has 1 aromatic carbocycles. The van der Waals surface area contributed by atoms with Crippen molar-refractivity contribution < 1.29 is 0 Å². The van der Waals surface area contributed by atoms with Gasteiger partial charge < -0.3 is 4.90 Å². The molecule has 0 unspecified atom stereocenters. The fraction of sp³-hybridized carbons (Fsp3) is 0.462. The quantitative estimate of drug-likeness (QED) is 0.781. The van der Waals surface area contributed by atoms with E-state index in [2.05, 4.69) is 60.3 Å². The maximum absolute atomic E-state index is 4.59. The lowest BCUT2D eigenvalue weighted by atomic mass is 10.0. The van der Waals surface area contributed by atoms with Crippen LogP contribution in [0.2, 0.25) is 0 Å². The van der Waals surface area contributed by atoms with Crippen molar-refractivity contribution >= 4 is 16.9 Å². The number of thioether (sulfide) groups is 1. The first-order valence-electron chi connectivity index (χ1n) is 5.53. The van der Waals surface area contributed by atoms with Gasteiger partial charge >= 0.3 is 0 Å². The summed E-state index contributed by atoms with van der Waals surface area (Å²) in [7, 11) is 0. The molecule has 0 spiro atoms. The second kappa shape index (κ2) is 4.50. The summed E-state index contributed by atoms with van der Waals surface area (Å²) in [6, 6.07) is 10.6. The summed E-state index contributed by atoms with van der Waals surface area (Å²) in [6.07, 6.45) is 2.10. The Bertz CT molecular complexity index is 384. The first kappa shape index (κ1) is 11.5. The van der Waals surface area contributed by atoms with Crippen LogP contribution in [0.15, 0.2) is 35.3 Å². The molecule has 16 heavy (non-hydrogen) atoms. The predicted molar refractivity (Wildman–Crippen MR) is 71.9 cm³/mol. The van der Waals surface area contributed by atoms with Crippen molar-refractivity contribution in [1.29, 1.82) is 0 Å². The molecular formula is C13H18N2S. The lowest BCUT2D eigenvalue weighted by molar-refractivity contribution is 0.244. The fourth-order valence-corrected chi connectivity index (χ4v) is 2.64. The van der Waals surface area contributed by atoms with Crippen LogP contribution in [0, 0.1) is 0 Å². The van der Waals surface area contributed by atoms with Crippen molar-refractivity contribution in [2.75, 3.05) is 12.8 Å². The van der Waals surface area contributed by atoms with Gasteiger partial charge in [-0.25, -0.2) is 0 Å². The molecule has 1 aliphatic heterocycles. The number of rotatable bonds is 2. The summed E-state index contributed by atoms with van der Waals surface area (Å²) in [4.78, 5) is 6.99. The number of nitrogens with zero attached hydrogens (tertiary/aromatic N) is 2. The molecule has 0 radical (unpaired) electrons. The van der Waals surface area contributed by atoms with E-state index < -0.39 is 0 Å². The number of hydrogen-bond donors (Lipinski definition) is 0. The summed E-state index contributed by atoms with van der Waals surface area (Å²) in [5.74, 6) is 0. The van der Waals surface area contributed by atoms with E-state index >= 15 is 0 Å². The van der Waals surface area contributed by atoms with Gasteiger partial charge in [-0.3, -0.25) is 4.99 Å². The van der Waals surface area contributed by atoms with E-state index in [1.807, 2.05) is 0 Å². The zero-order valence-corrected chi connectivity index (χ0v) is 10.9. The molecule has 0 bridgehead atoms. The molecule has 0 saturated carbocycles. The van der Waals surface area contributed by atoms with Gasteiger partial charge in [0, 0.05) is 6.54 Å². The van der Waals surface area contributed by atoms with Gasteiger partial charge in [-0.1, -0.05) is 42.1 Å². The molecule has 2 nitrogen and oxygen atoms in total. The van der Waals surface area contributed by atoms with E-state index in [-0.39, 0.29) is 5.54 Å². The number of hydrogen-bond acceptors (Lipinski definition) is 3. The molecule has 0 fully saturated rings. The normalized spacial score (nSPS) is 18.7. The minimum absolute atomic E-state index is 0.147. The Labute approximate surface area is 102 Å². The molecule has 0 atom stereocenters. The van der Waals surface area contributed by atoms with Crippen molar-refractivity contribution in [3.8, 4) is 0 Å². The second-order valence-electron chi connectivity index (χ2n) is 4.69. The van der Waals surface area contributed by atoms with Crippen molar-refractivity contribution in [3.63, 3.8) is 0 Å². The summed E-state index contributed by atoms with van der Waals surface area (Å²) in [6.45, 7) is 6.36. The zero-order chi connectivity index (χ0) is 11.6. The van der Waals surface area contributed by atoms with Gasteiger partial charge in [-0.05, 0) is 25.7 Å². The molecule has 0 aromatic heterocycles. The molecule has 1 heterocycles. The Kier molecular flexibility index (Phi) is 3.24. The van der Waals surface area contributed by atoms with Crippen LogP contribution in [0.1, 0.15) is 19.4 Å². The largest absolute Gasteiger partial charge is 0.340 e. The van der Waals surface area contributed by atoms with Crippen molar-refractivity contribution in [3.05, 3.63) is 35.9 Å². The Balaban J connectivity index is 2.16. The van der Waals surface area contributed by atoms with E-state index in [0.717, 1.165) is 18.3 Å². The molecule has 0 aliphatic carbocycles. The predicted octanol–water partition coefficient (Wildman–Crippen LogP) is 3.00. The van der Waals surface area contributed by atoms with Crippen LogP contribution in [-0.4, -0.2) is 28.4 Å². The molecule has 0 saturated heterocycles. The third kappa shape index (κ3) is 2.24. The van der Waals surface area contributed by atoms with Gasteiger partial charge in [0.25, 0.3) is 0 Å². The highest BCUT2D eigenvalue weighted by atomic mass is 32.2. The van der Waals surface area contributed by atoms with E-state index in [4.69, 9.17) is 0 Å². The van der Waals surface area contributed by atoms with Crippen molar-refractivity contribution in [1.82, 2.24) is 4.90 Å². The van der Waals surface area contributed by atoms with E-state index in [1.54, 1.807) is 11.8 Å². The van der Waals surface area contributed by atoms with Crippen LogP contribution in [0.4, 0.5) is 0 Å². The minimum atomic E-state index is 0.147. The third-order valence-electron chi connectivity index (χ3n) is 2.93. The van der Waals surface area contributed by atoms with Gasteiger partial charge in [0.2, 0.25) is 0 Å². The lowest BCUT2D eigenvalue weighted by Gasteiger charge is -2.33. The standard InChI is InChI=1S/C13H18N2S/c1-13(2)10-14-12(16-3)15(13)9-11-7-5-4-6-8-11/h4-8H,9-10H2,1-3H3. The van der Waals surface area contributed by atoms with Crippen molar-refractivity contribution in [2.24, 2.45) is 4.99 Å². The first-order valence-corrected chi connectivity index (χ1v) is 6.76. The maximum atomic E-state index is 4.59.